The number of hydrogen-bond donors (Lipinski definition) is 2. The summed E-state index contributed by atoms with van der Waals surface area (Å²) in [6, 6.07) is 12.5. The minimum absolute atomic E-state index is 0.199. The van der Waals surface area contributed by atoms with E-state index in [-0.39, 0.29) is 22.7 Å². The Balaban J connectivity index is 1.38. The lowest BCUT2D eigenvalue weighted by Crippen LogP contribution is -2.82. The van der Waals surface area contributed by atoms with Gasteiger partial charge in [-0.05, 0) is 74.2 Å². The third-order valence-electron chi connectivity index (χ3n) is 11.6. The van der Waals surface area contributed by atoms with Crippen LogP contribution in [-0.4, -0.2) is 53.1 Å². The largest absolute Gasteiger partial charge is 0.504 e. The number of aliphatic hydroxyl groups is 1. The van der Waals surface area contributed by atoms with Crippen LogP contribution in [-0.2, 0) is 16.6 Å². The summed E-state index contributed by atoms with van der Waals surface area (Å²) in [6.07, 6.45) is 9.14. The number of aryl methyl sites for hydroxylation is 1. The molecule has 7 atom stereocenters. The summed E-state index contributed by atoms with van der Waals surface area (Å²) >= 11 is 0. The molecule has 1 saturated heterocycles. The molecule has 2 aliphatic heterocycles. The van der Waals surface area contributed by atoms with Gasteiger partial charge in [0.05, 0.1) is 11.5 Å². The molecule has 2 aromatic carbocycles. The van der Waals surface area contributed by atoms with Gasteiger partial charge in [0.25, 0.3) is 0 Å². The van der Waals surface area contributed by atoms with Gasteiger partial charge in [-0.3, -0.25) is 4.90 Å². The van der Waals surface area contributed by atoms with Gasteiger partial charge in [-0.1, -0.05) is 49.4 Å². The number of fused-ring (bicyclic) bond motifs is 1. The minimum Gasteiger partial charge on any atom is -0.504 e. The highest BCUT2D eigenvalue weighted by Gasteiger charge is 2.82. The molecule has 0 unspecified atom stereocenters. The van der Waals surface area contributed by atoms with Gasteiger partial charge in [-0.2, -0.15) is 0 Å². The molecule has 2 N–H and O–H groups in total. The maximum Gasteiger partial charge on any atom is 0.165 e. The van der Waals surface area contributed by atoms with Crippen LogP contribution in [0.5, 0.6) is 11.5 Å². The molecule has 0 amide bonds. The number of hydrogen-bond acceptors (Lipinski definition) is 5. The van der Waals surface area contributed by atoms with E-state index in [1.54, 1.807) is 7.11 Å². The number of phenols is 1. The maximum atomic E-state index is 12.3. The van der Waals surface area contributed by atoms with Crippen molar-refractivity contribution >= 4 is 0 Å². The van der Waals surface area contributed by atoms with Crippen LogP contribution >= 0.6 is 0 Å². The Morgan fingerprint density at radius 3 is 2.73 bits per heavy atom. The second-order valence-electron chi connectivity index (χ2n) is 13.0. The van der Waals surface area contributed by atoms with E-state index in [2.05, 4.69) is 49.1 Å². The number of aliphatic hydroxyl groups excluding tert-OH is 1. The van der Waals surface area contributed by atoms with E-state index < -0.39 is 17.1 Å². The van der Waals surface area contributed by atoms with Crippen molar-refractivity contribution in [1.29, 1.82) is 0 Å². The van der Waals surface area contributed by atoms with Crippen LogP contribution in [0.3, 0.4) is 0 Å². The second-order valence-corrected chi connectivity index (χ2v) is 13.0. The topological polar surface area (TPSA) is 62.2 Å². The van der Waals surface area contributed by atoms with Gasteiger partial charge in [-0.15, -0.1) is 0 Å². The molecule has 0 aromatic heterocycles. The number of methoxy groups -OCH3 is 1. The molecular formula is C32H37NO4. The lowest BCUT2D eigenvalue weighted by molar-refractivity contribution is -0.270. The number of likely N-dealkylation sites (tertiary alicyclic amines) is 1. The van der Waals surface area contributed by atoms with Crippen molar-refractivity contribution in [3.05, 3.63) is 70.8 Å². The number of benzene rings is 2. The molecule has 5 nitrogen and oxygen atoms in total. The first-order valence-corrected chi connectivity index (χ1v) is 14.1. The van der Waals surface area contributed by atoms with Crippen LogP contribution in [0.4, 0.5) is 0 Å². The third kappa shape index (κ3) is 2.40. The monoisotopic (exact) mass is 499 g/mol. The standard InChI is InChI=1S/C32H37NO4/c1-19-6-4-5-7-22(19)27(35)29(2)18-30-12-13-32(29,36-3)28-31(30)14-15-33(17-20-8-9-20)24(30)16-21-10-11-23(34)26(37-28)25(21)31/h4-7,10-13,20,24,27-28,34-35H,8-9,14-18H2,1-3H3/t24-,27+,28-,29-,30-,31+,32+/m1/s1. The molecule has 2 spiro atoms. The molecular weight excluding hydrogens is 462 g/mol. The molecule has 2 aromatic rings. The summed E-state index contributed by atoms with van der Waals surface area (Å²) in [5, 5.41) is 23.3. The van der Waals surface area contributed by atoms with Crippen molar-refractivity contribution in [1.82, 2.24) is 4.90 Å². The van der Waals surface area contributed by atoms with Gasteiger partial charge >= 0.3 is 0 Å². The van der Waals surface area contributed by atoms with E-state index in [0.717, 1.165) is 49.4 Å². The molecule has 2 saturated carbocycles. The van der Waals surface area contributed by atoms with Crippen molar-refractivity contribution in [2.45, 2.75) is 75.2 Å². The lowest BCUT2D eigenvalue weighted by atomic mass is 9.33. The number of aromatic hydroxyl groups is 1. The number of phenolic OH excluding ortho intramolecular Hbond substituents is 1. The van der Waals surface area contributed by atoms with Crippen LogP contribution in [0.2, 0.25) is 0 Å². The molecule has 5 aliphatic carbocycles. The summed E-state index contributed by atoms with van der Waals surface area (Å²) in [4.78, 5) is 2.77. The van der Waals surface area contributed by atoms with Crippen molar-refractivity contribution in [2.75, 3.05) is 20.2 Å². The highest BCUT2D eigenvalue weighted by molar-refractivity contribution is 5.65. The predicted molar refractivity (Wildman–Crippen MR) is 141 cm³/mol. The SMILES string of the molecule is CO[C@]12C=C[C@@]3(C[C@]1(C)[C@@H](O)c1ccccc1C)[C@H]1Cc4ccc(O)c5c4[C@@]3(CCN1CC1CC1)[C@H]2O5. The van der Waals surface area contributed by atoms with Gasteiger partial charge in [0.15, 0.2) is 11.5 Å². The van der Waals surface area contributed by atoms with Gasteiger partial charge < -0.3 is 19.7 Å². The quantitative estimate of drug-likeness (QED) is 0.578. The maximum absolute atomic E-state index is 12.3. The lowest BCUT2D eigenvalue weighted by Gasteiger charge is -2.74. The highest BCUT2D eigenvalue weighted by atomic mass is 16.6. The van der Waals surface area contributed by atoms with E-state index in [4.69, 9.17) is 9.47 Å². The smallest absolute Gasteiger partial charge is 0.165 e. The van der Waals surface area contributed by atoms with Crippen LogP contribution in [0, 0.1) is 23.7 Å². The van der Waals surface area contributed by atoms with Crippen LogP contribution in [0.1, 0.15) is 61.0 Å². The second kappa shape index (κ2) is 6.99. The summed E-state index contributed by atoms with van der Waals surface area (Å²) in [5.74, 6) is 1.69. The first-order valence-electron chi connectivity index (χ1n) is 14.1. The van der Waals surface area contributed by atoms with E-state index in [0.29, 0.717) is 11.8 Å². The summed E-state index contributed by atoms with van der Waals surface area (Å²) in [6.45, 7) is 6.50. The molecule has 2 heterocycles. The predicted octanol–water partition coefficient (Wildman–Crippen LogP) is 4.82. The van der Waals surface area contributed by atoms with E-state index in [1.807, 2.05) is 18.2 Å². The van der Waals surface area contributed by atoms with Crippen molar-refractivity contribution in [2.24, 2.45) is 16.7 Å². The zero-order valence-electron chi connectivity index (χ0n) is 22.0. The number of piperidine rings is 1. The molecule has 7 aliphatic rings. The van der Waals surface area contributed by atoms with Gasteiger partial charge in [0, 0.05) is 36.1 Å². The van der Waals surface area contributed by atoms with Crippen molar-refractivity contribution in [3.8, 4) is 11.5 Å². The van der Waals surface area contributed by atoms with Crippen molar-refractivity contribution < 1.29 is 19.7 Å². The Kier molecular flexibility index (Phi) is 4.28. The van der Waals surface area contributed by atoms with Crippen LogP contribution < -0.4 is 4.74 Å². The Hall–Kier alpha value is -2.34. The first kappa shape index (κ1) is 22.6. The van der Waals surface area contributed by atoms with Gasteiger partial charge in [0.1, 0.15) is 11.7 Å². The Labute approximate surface area is 219 Å². The average molecular weight is 500 g/mol. The fraction of sp³-hybridized carbons (Fsp3) is 0.562. The molecule has 194 valence electrons. The van der Waals surface area contributed by atoms with Crippen LogP contribution in [0.15, 0.2) is 48.6 Å². The normalized spacial score (nSPS) is 41.4. The van der Waals surface area contributed by atoms with Gasteiger partial charge in [0.2, 0.25) is 0 Å². The zero-order chi connectivity index (χ0) is 25.4. The number of ether oxygens (including phenoxy) is 2. The highest BCUT2D eigenvalue weighted by Crippen LogP contribution is 2.78. The molecule has 3 fully saturated rings. The molecule has 9 rings (SSSR count). The van der Waals surface area contributed by atoms with E-state index >= 15 is 0 Å². The Bertz CT molecular complexity index is 1350. The van der Waals surface area contributed by atoms with Crippen molar-refractivity contribution in [3.63, 3.8) is 0 Å². The Morgan fingerprint density at radius 2 is 1.97 bits per heavy atom. The van der Waals surface area contributed by atoms with Crippen LogP contribution in [0.25, 0.3) is 0 Å². The molecule has 5 heteroatoms. The fourth-order valence-corrected chi connectivity index (χ4v) is 9.77. The zero-order valence-corrected chi connectivity index (χ0v) is 22.0. The fourth-order valence-electron chi connectivity index (χ4n) is 9.77. The number of rotatable bonds is 5. The summed E-state index contributed by atoms with van der Waals surface area (Å²) < 4.78 is 13.5. The third-order valence-corrected chi connectivity index (χ3v) is 11.6. The Morgan fingerprint density at radius 1 is 1.16 bits per heavy atom. The summed E-state index contributed by atoms with van der Waals surface area (Å²) in [7, 11) is 1.78. The summed E-state index contributed by atoms with van der Waals surface area (Å²) in [5.41, 5.74) is 2.67. The number of nitrogens with zero attached hydrogens (tertiary/aromatic N) is 1. The van der Waals surface area contributed by atoms with Gasteiger partial charge in [-0.25, -0.2) is 0 Å². The van der Waals surface area contributed by atoms with E-state index in [1.165, 1.54) is 24.0 Å². The molecule has 0 radical (unpaired) electrons. The molecule has 37 heavy (non-hydrogen) atoms. The minimum atomic E-state index is -0.834. The average Bonchev–Trinajstić information content (AvgIpc) is 3.64. The van der Waals surface area contributed by atoms with E-state index in [9.17, 15) is 10.2 Å². The molecule has 4 bridgehead atoms. The first-order chi connectivity index (χ1) is 17.8.